The standard InChI is InChI=1S/C16H10FN3S/c17-12-4-3-10-6-15(21-14(10)7-12)16(19)13(8-18)11-2-1-5-20-9-11/h1-7,9H,19H2/b16-13-. The first kappa shape index (κ1) is 13.3. The van der Waals surface area contributed by atoms with Gasteiger partial charge < -0.3 is 5.73 Å². The SMILES string of the molecule is N#C/C(=C(/N)c1cc2ccc(F)cc2s1)c1cccnc1. The van der Waals surface area contributed by atoms with E-state index in [2.05, 4.69) is 11.1 Å². The number of allylic oxidation sites excluding steroid dienone is 1. The molecule has 102 valence electrons. The van der Waals surface area contributed by atoms with Crippen LogP contribution < -0.4 is 5.73 Å². The van der Waals surface area contributed by atoms with Crippen molar-refractivity contribution in [2.24, 2.45) is 5.73 Å². The van der Waals surface area contributed by atoms with Crippen LogP contribution in [0.15, 0.2) is 48.8 Å². The highest BCUT2D eigenvalue weighted by atomic mass is 32.1. The van der Waals surface area contributed by atoms with Gasteiger partial charge in [-0.2, -0.15) is 5.26 Å². The molecule has 1 aromatic carbocycles. The number of fused-ring (bicyclic) bond motifs is 1. The Morgan fingerprint density at radius 1 is 1.29 bits per heavy atom. The highest BCUT2D eigenvalue weighted by molar-refractivity contribution is 7.20. The molecule has 3 nitrogen and oxygen atoms in total. The molecule has 0 unspecified atom stereocenters. The third-order valence-electron chi connectivity index (χ3n) is 3.08. The first-order valence-electron chi connectivity index (χ1n) is 6.19. The van der Waals surface area contributed by atoms with Gasteiger partial charge in [0.15, 0.2) is 0 Å². The topological polar surface area (TPSA) is 62.7 Å². The molecule has 0 aliphatic rings. The van der Waals surface area contributed by atoms with Crippen molar-refractivity contribution >= 4 is 32.7 Å². The first-order valence-corrected chi connectivity index (χ1v) is 7.00. The van der Waals surface area contributed by atoms with Crippen LogP contribution in [0.1, 0.15) is 10.4 Å². The van der Waals surface area contributed by atoms with Crippen molar-refractivity contribution in [1.82, 2.24) is 4.98 Å². The van der Waals surface area contributed by atoms with Crippen molar-refractivity contribution < 1.29 is 4.39 Å². The summed E-state index contributed by atoms with van der Waals surface area (Å²) in [6.07, 6.45) is 3.23. The summed E-state index contributed by atoms with van der Waals surface area (Å²) in [5.74, 6) is -0.286. The second kappa shape index (κ2) is 5.35. The molecule has 0 atom stereocenters. The molecule has 0 amide bonds. The van der Waals surface area contributed by atoms with Gasteiger partial charge in [0.05, 0.1) is 16.1 Å². The predicted molar refractivity (Wildman–Crippen MR) is 82.6 cm³/mol. The fourth-order valence-electron chi connectivity index (χ4n) is 2.05. The fourth-order valence-corrected chi connectivity index (χ4v) is 3.10. The number of nitrogens with two attached hydrogens (primary N) is 1. The van der Waals surface area contributed by atoms with E-state index in [4.69, 9.17) is 5.73 Å². The highest BCUT2D eigenvalue weighted by Gasteiger charge is 2.11. The van der Waals surface area contributed by atoms with Crippen LogP contribution >= 0.6 is 11.3 Å². The Labute approximate surface area is 124 Å². The molecule has 0 aliphatic carbocycles. The highest BCUT2D eigenvalue weighted by Crippen LogP contribution is 2.32. The molecule has 2 N–H and O–H groups in total. The minimum absolute atomic E-state index is 0.286. The van der Waals surface area contributed by atoms with Gasteiger partial charge in [-0.05, 0) is 29.7 Å². The number of hydrogen-bond acceptors (Lipinski definition) is 4. The van der Waals surface area contributed by atoms with E-state index in [1.165, 1.54) is 23.5 Å². The summed E-state index contributed by atoms with van der Waals surface area (Å²) < 4.78 is 14.0. The average molecular weight is 295 g/mol. The Morgan fingerprint density at radius 2 is 2.14 bits per heavy atom. The van der Waals surface area contributed by atoms with Gasteiger partial charge in [0.1, 0.15) is 11.9 Å². The smallest absolute Gasteiger partial charge is 0.124 e. The van der Waals surface area contributed by atoms with Crippen molar-refractivity contribution in [2.75, 3.05) is 0 Å². The predicted octanol–water partition coefficient (Wildman–Crippen LogP) is 3.79. The summed E-state index contributed by atoms with van der Waals surface area (Å²) in [7, 11) is 0. The number of rotatable bonds is 2. The van der Waals surface area contributed by atoms with E-state index in [0.29, 0.717) is 16.8 Å². The summed E-state index contributed by atoms with van der Waals surface area (Å²) in [6, 6.07) is 12.1. The van der Waals surface area contributed by atoms with Gasteiger partial charge in [-0.15, -0.1) is 11.3 Å². The summed E-state index contributed by atoms with van der Waals surface area (Å²) in [6.45, 7) is 0. The van der Waals surface area contributed by atoms with Crippen molar-refractivity contribution in [2.45, 2.75) is 0 Å². The van der Waals surface area contributed by atoms with Crippen LogP contribution in [0.2, 0.25) is 0 Å². The molecule has 0 spiro atoms. The van der Waals surface area contributed by atoms with E-state index in [1.54, 1.807) is 30.6 Å². The number of nitrogens with zero attached hydrogens (tertiary/aromatic N) is 2. The van der Waals surface area contributed by atoms with E-state index in [9.17, 15) is 9.65 Å². The van der Waals surface area contributed by atoms with Crippen LogP contribution in [0.4, 0.5) is 4.39 Å². The Hall–Kier alpha value is -2.71. The lowest BCUT2D eigenvalue weighted by molar-refractivity contribution is 0.630. The van der Waals surface area contributed by atoms with Crippen LogP contribution in [0.25, 0.3) is 21.4 Å². The van der Waals surface area contributed by atoms with Crippen molar-refractivity contribution in [3.05, 3.63) is 65.0 Å². The Kier molecular flexibility index (Phi) is 3.38. The molecular weight excluding hydrogens is 285 g/mol. The second-order valence-corrected chi connectivity index (χ2v) is 5.52. The maximum absolute atomic E-state index is 13.2. The molecule has 2 heterocycles. The number of nitriles is 1. The molecule has 0 saturated carbocycles. The molecule has 0 radical (unpaired) electrons. The molecule has 2 aromatic heterocycles. The van der Waals surface area contributed by atoms with Crippen LogP contribution in [-0.4, -0.2) is 4.98 Å². The lowest BCUT2D eigenvalue weighted by Gasteiger charge is -2.02. The number of benzene rings is 1. The maximum Gasteiger partial charge on any atom is 0.124 e. The maximum atomic E-state index is 13.2. The molecule has 0 bridgehead atoms. The molecule has 0 fully saturated rings. The lowest BCUT2D eigenvalue weighted by Crippen LogP contribution is -1.98. The monoisotopic (exact) mass is 295 g/mol. The molecule has 5 heteroatoms. The van der Waals surface area contributed by atoms with Crippen molar-refractivity contribution in [3.8, 4) is 6.07 Å². The lowest BCUT2D eigenvalue weighted by atomic mass is 10.1. The minimum Gasteiger partial charge on any atom is -0.396 e. The zero-order chi connectivity index (χ0) is 14.8. The number of halogens is 1. The van der Waals surface area contributed by atoms with Crippen LogP contribution in [0.5, 0.6) is 0 Å². The molecule has 0 saturated heterocycles. The number of hydrogen-bond donors (Lipinski definition) is 1. The molecule has 3 aromatic rings. The number of thiophene rings is 1. The summed E-state index contributed by atoms with van der Waals surface area (Å²) in [4.78, 5) is 4.74. The summed E-state index contributed by atoms with van der Waals surface area (Å²) in [5.41, 5.74) is 7.55. The normalized spacial score (nSPS) is 12.0. The van der Waals surface area contributed by atoms with Gasteiger partial charge in [0.25, 0.3) is 0 Å². The average Bonchev–Trinajstić information content (AvgIpc) is 2.92. The first-order chi connectivity index (χ1) is 10.2. The summed E-state index contributed by atoms with van der Waals surface area (Å²) in [5, 5.41) is 10.3. The zero-order valence-corrected chi connectivity index (χ0v) is 11.7. The van der Waals surface area contributed by atoms with E-state index >= 15 is 0 Å². The molecule has 3 rings (SSSR count). The van der Waals surface area contributed by atoms with Crippen LogP contribution in [0, 0.1) is 17.1 Å². The molecular formula is C16H10FN3S. The van der Waals surface area contributed by atoms with Gasteiger partial charge in [0.2, 0.25) is 0 Å². The van der Waals surface area contributed by atoms with E-state index < -0.39 is 0 Å². The van der Waals surface area contributed by atoms with E-state index in [-0.39, 0.29) is 5.82 Å². The Morgan fingerprint density at radius 3 is 2.86 bits per heavy atom. The minimum atomic E-state index is -0.286. The van der Waals surface area contributed by atoms with Gasteiger partial charge in [-0.1, -0.05) is 12.1 Å². The number of pyridine rings is 1. The van der Waals surface area contributed by atoms with Gasteiger partial charge in [0, 0.05) is 22.7 Å². The van der Waals surface area contributed by atoms with E-state index in [1.807, 2.05) is 6.07 Å². The Balaban J connectivity index is 2.16. The van der Waals surface area contributed by atoms with Crippen molar-refractivity contribution in [3.63, 3.8) is 0 Å². The third kappa shape index (κ3) is 2.49. The van der Waals surface area contributed by atoms with E-state index in [0.717, 1.165) is 15.0 Å². The summed E-state index contributed by atoms with van der Waals surface area (Å²) >= 11 is 1.36. The van der Waals surface area contributed by atoms with Crippen LogP contribution in [-0.2, 0) is 0 Å². The fraction of sp³-hybridized carbons (Fsp3) is 0. The zero-order valence-electron chi connectivity index (χ0n) is 10.9. The number of aromatic nitrogens is 1. The quantitative estimate of drug-likeness (QED) is 0.732. The molecule has 21 heavy (non-hydrogen) atoms. The van der Waals surface area contributed by atoms with Gasteiger partial charge in [-0.3, -0.25) is 4.98 Å². The van der Waals surface area contributed by atoms with Gasteiger partial charge in [-0.25, -0.2) is 4.39 Å². The van der Waals surface area contributed by atoms with Crippen LogP contribution in [0.3, 0.4) is 0 Å². The van der Waals surface area contributed by atoms with Crippen molar-refractivity contribution in [1.29, 1.82) is 5.26 Å². The Bertz CT molecular complexity index is 875. The molecule has 0 aliphatic heterocycles. The largest absolute Gasteiger partial charge is 0.396 e. The second-order valence-electron chi connectivity index (χ2n) is 4.43. The van der Waals surface area contributed by atoms with Gasteiger partial charge >= 0.3 is 0 Å². The third-order valence-corrected chi connectivity index (χ3v) is 4.21.